The van der Waals surface area contributed by atoms with Crippen LogP contribution in [0, 0.1) is 11.8 Å². The Kier molecular flexibility index (Phi) is 7.63. The molecule has 1 aliphatic carbocycles. The largest absolute Gasteiger partial charge is 0.392 e. The average Bonchev–Trinajstić information content (AvgIpc) is 2.42. The van der Waals surface area contributed by atoms with E-state index in [9.17, 15) is 13.2 Å². The first-order valence-corrected chi connectivity index (χ1v) is 7.91. The molecule has 1 nitrogen and oxygen atoms in total. The third-order valence-corrected chi connectivity index (χ3v) is 4.34. The molecular weight excluding hydrogens is 263 g/mol. The van der Waals surface area contributed by atoms with Gasteiger partial charge in [0, 0.05) is 6.04 Å². The maximum atomic E-state index is 13.2. The SMILES string of the molecule is C=CCCCC(NCCC)C1CCCCC1C(F)(F)F. The van der Waals surface area contributed by atoms with Gasteiger partial charge >= 0.3 is 6.18 Å². The highest BCUT2D eigenvalue weighted by Crippen LogP contribution is 2.43. The summed E-state index contributed by atoms with van der Waals surface area (Å²) in [6.07, 6.45) is 4.05. The first kappa shape index (κ1) is 17.5. The van der Waals surface area contributed by atoms with Crippen molar-refractivity contribution in [3.8, 4) is 0 Å². The van der Waals surface area contributed by atoms with Crippen molar-refractivity contribution in [2.24, 2.45) is 11.8 Å². The van der Waals surface area contributed by atoms with E-state index in [0.717, 1.165) is 38.6 Å². The minimum absolute atomic E-state index is 0.00169. The molecule has 118 valence electrons. The molecular formula is C16H28F3N. The van der Waals surface area contributed by atoms with Crippen LogP contribution in [0.25, 0.3) is 0 Å². The molecule has 0 spiro atoms. The van der Waals surface area contributed by atoms with Gasteiger partial charge in [-0.2, -0.15) is 13.2 Å². The van der Waals surface area contributed by atoms with E-state index in [2.05, 4.69) is 18.8 Å². The molecule has 0 bridgehead atoms. The van der Waals surface area contributed by atoms with Gasteiger partial charge in [-0.25, -0.2) is 0 Å². The van der Waals surface area contributed by atoms with E-state index in [4.69, 9.17) is 0 Å². The Morgan fingerprint density at radius 3 is 2.60 bits per heavy atom. The smallest absolute Gasteiger partial charge is 0.314 e. The summed E-state index contributed by atoms with van der Waals surface area (Å²) in [5.41, 5.74) is 0. The highest BCUT2D eigenvalue weighted by molar-refractivity contribution is 4.88. The van der Waals surface area contributed by atoms with Crippen LogP contribution < -0.4 is 5.32 Å². The summed E-state index contributed by atoms with van der Waals surface area (Å²) >= 11 is 0. The van der Waals surface area contributed by atoms with E-state index in [-0.39, 0.29) is 12.0 Å². The molecule has 0 aliphatic heterocycles. The van der Waals surface area contributed by atoms with Crippen LogP contribution in [0.15, 0.2) is 12.7 Å². The summed E-state index contributed by atoms with van der Waals surface area (Å²) in [6, 6.07) is 0.00169. The van der Waals surface area contributed by atoms with Gasteiger partial charge < -0.3 is 5.32 Å². The Bertz CT molecular complexity index is 275. The molecule has 1 saturated carbocycles. The predicted molar refractivity (Wildman–Crippen MR) is 77.6 cm³/mol. The zero-order valence-corrected chi connectivity index (χ0v) is 12.5. The number of nitrogens with one attached hydrogen (secondary N) is 1. The lowest BCUT2D eigenvalue weighted by Gasteiger charge is -2.38. The second kappa shape index (κ2) is 8.71. The number of allylic oxidation sites excluding steroid dienone is 1. The molecule has 3 unspecified atom stereocenters. The van der Waals surface area contributed by atoms with Crippen molar-refractivity contribution in [2.75, 3.05) is 6.54 Å². The molecule has 0 saturated heterocycles. The molecule has 1 fully saturated rings. The van der Waals surface area contributed by atoms with Crippen LogP contribution >= 0.6 is 0 Å². The Balaban J connectivity index is 2.70. The molecule has 4 heteroatoms. The Morgan fingerprint density at radius 2 is 2.00 bits per heavy atom. The maximum absolute atomic E-state index is 13.2. The van der Waals surface area contributed by atoms with Crippen LogP contribution in [-0.4, -0.2) is 18.8 Å². The van der Waals surface area contributed by atoms with Gasteiger partial charge in [-0.15, -0.1) is 6.58 Å². The number of hydrogen-bond acceptors (Lipinski definition) is 1. The molecule has 0 radical (unpaired) electrons. The zero-order valence-electron chi connectivity index (χ0n) is 12.5. The van der Waals surface area contributed by atoms with Crippen LogP contribution in [0.3, 0.4) is 0 Å². The fourth-order valence-corrected chi connectivity index (χ4v) is 3.33. The quantitative estimate of drug-likeness (QED) is 0.486. The van der Waals surface area contributed by atoms with Crippen molar-refractivity contribution < 1.29 is 13.2 Å². The fourth-order valence-electron chi connectivity index (χ4n) is 3.33. The minimum atomic E-state index is -4.05. The standard InChI is InChI=1S/C16H28F3N/c1-3-5-6-11-15(20-12-4-2)13-9-7-8-10-14(13)16(17,18)19/h3,13-15,20H,1,4-12H2,2H3. The number of hydrogen-bond donors (Lipinski definition) is 1. The van der Waals surface area contributed by atoms with Crippen LogP contribution in [0.4, 0.5) is 13.2 Å². The van der Waals surface area contributed by atoms with Gasteiger partial charge in [-0.05, 0) is 51.0 Å². The molecule has 1 N–H and O–H groups in total. The van der Waals surface area contributed by atoms with Crippen LogP contribution in [0.2, 0.25) is 0 Å². The highest BCUT2D eigenvalue weighted by atomic mass is 19.4. The van der Waals surface area contributed by atoms with Crippen molar-refractivity contribution in [3.63, 3.8) is 0 Å². The third kappa shape index (κ3) is 5.47. The lowest BCUT2D eigenvalue weighted by molar-refractivity contribution is -0.199. The van der Waals surface area contributed by atoms with Gasteiger partial charge in [0.15, 0.2) is 0 Å². The Labute approximate surface area is 121 Å². The summed E-state index contributed by atoms with van der Waals surface area (Å²) in [4.78, 5) is 0. The molecule has 0 aromatic heterocycles. The number of unbranched alkanes of at least 4 members (excludes halogenated alkanes) is 1. The zero-order chi connectivity index (χ0) is 15.0. The third-order valence-electron chi connectivity index (χ3n) is 4.34. The van der Waals surface area contributed by atoms with Gasteiger partial charge in [-0.3, -0.25) is 0 Å². The van der Waals surface area contributed by atoms with Gasteiger partial charge in [0.1, 0.15) is 0 Å². The van der Waals surface area contributed by atoms with E-state index in [1.165, 1.54) is 0 Å². The van der Waals surface area contributed by atoms with Crippen LogP contribution in [0.1, 0.15) is 58.3 Å². The Hall–Kier alpha value is -0.510. The summed E-state index contributed by atoms with van der Waals surface area (Å²) < 4.78 is 39.7. The van der Waals surface area contributed by atoms with E-state index in [0.29, 0.717) is 19.3 Å². The first-order chi connectivity index (χ1) is 9.50. The average molecular weight is 291 g/mol. The molecule has 1 aliphatic rings. The monoisotopic (exact) mass is 291 g/mol. The summed E-state index contributed by atoms with van der Waals surface area (Å²) in [5.74, 6) is -1.37. The minimum Gasteiger partial charge on any atom is -0.314 e. The molecule has 1 rings (SSSR count). The van der Waals surface area contributed by atoms with Gasteiger partial charge in [0.05, 0.1) is 5.92 Å². The maximum Gasteiger partial charge on any atom is 0.392 e. The van der Waals surface area contributed by atoms with Crippen molar-refractivity contribution in [1.82, 2.24) is 5.32 Å². The van der Waals surface area contributed by atoms with E-state index in [1.807, 2.05) is 6.08 Å². The topological polar surface area (TPSA) is 12.0 Å². The molecule has 0 aromatic rings. The molecule has 0 aromatic carbocycles. The molecule has 0 amide bonds. The van der Waals surface area contributed by atoms with E-state index < -0.39 is 12.1 Å². The van der Waals surface area contributed by atoms with E-state index >= 15 is 0 Å². The van der Waals surface area contributed by atoms with Crippen molar-refractivity contribution in [1.29, 1.82) is 0 Å². The lowest BCUT2D eigenvalue weighted by atomic mass is 9.73. The van der Waals surface area contributed by atoms with Crippen LogP contribution in [0.5, 0.6) is 0 Å². The summed E-state index contributed by atoms with van der Waals surface area (Å²) in [5, 5.41) is 3.37. The van der Waals surface area contributed by atoms with E-state index in [1.54, 1.807) is 0 Å². The molecule has 20 heavy (non-hydrogen) atoms. The van der Waals surface area contributed by atoms with Crippen molar-refractivity contribution in [3.05, 3.63) is 12.7 Å². The van der Waals surface area contributed by atoms with Crippen LogP contribution in [-0.2, 0) is 0 Å². The lowest BCUT2D eigenvalue weighted by Crippen LogP contribution is -2.46. The second-order valence-electron chi connectivity index (χ2n) is 5.88. The van der Waals surface area contributed by atoms with Gasteiger partial charge in [0.2, 0.25) is 0 Å². The molecule has 0 heterocycles. The summed E-state index contributed by atoms with van der Waals surface area (Å²) in [6.45, 7) is 6.54. The second-order valence-corrected chi connectivity index (χ2v) is 5.88. The highest BCUT2D eigenvalue weighted by Gasteiger charge is 2.47. The normalized spacial score (nSPS) is 25.4. The number of halogens is 3. The first-order valence-electron chi connectivity index (χ1n) is 7.91. The number of alkyl halides is 3. The number of rotatable bonds is 8. The Morgan fingerprint density at radius 1 is 1.30 bits per heavy atom. The fraction of sp³-hybridized carbons (Fsp3) is 0.875. The molecule has 3 atom stereocenters. The van der Waals surface area contributed by atoms with Gasteiger partial charge in [-0.1, -0.05) is 25.8 Å². The van der Waals surface area contributed by atoms with Crippen molar-refractivity contribution in [2.45, 2.75) is 70.5 Å². The summed E-state index contributed by atoms with van der Waals surface area (Å²) in [7, 11) is 0. The predicted octanol–water partition coefficient (Wildman–Crippen LogP) is 5.08. The van der Waals surface area contributed by atoms with Crippen molar-refractivity contribution >= 4 is 0 Å². The van der Waals surface area contributed by atoms with Gasteiger partial charge in [0.25, 0.3) is 0 Å².